The fraction of sp³-hybridized carbons (Fsp3) is 0.273. The predicted octanol–water partition coefficient (Wildman–Crippen LogP) is 5.75. The van der Waals surface area contributed by atoms with Crippen LogP contribution in [0.15, 0.2) is 48.0 Å². The van der Waals surface area contributed by atoms with Crippen LogP contribution >= 0.6 is 11.6 Å². The molecule has 0 aromatic heterocycles. The molecule has 2 rings (SSSR count). The van der Waals surface area contributed by atoms with Gasteiger partial charge in [-0.25, -0.2) is 0 Å². The topological polar surface area (TPSA) is 105 Å². The number of hydrogen-bond donors (Lipinski definition) is 1. The van der Waals surface area contributed by atoms with E-state index < -0.39 is 10.8 Å². The lowest BCUT2D eigenvalue weighted by Gasteiger charge is -2.10. The molecule has 0 heterocycles. The molecule has 0 saturated carbocycles. The van der Waals surface area contributed by atoms with Gasteiger partial charge >= 0.3 is 0 Å². The third-order valence-corrected chi connectivity index (χ3v) is 4.44. The van der Waals surface area contributed by atoms with Gasteiger partial charge in [0.2, 0.25) is 0 Å². The van der Waals surface area contributed by atoms with Crippen LogP contribution in [-0.2, 0) is 4.79 Å². The minimum Gasteiger partial charge on any atom is -0.493 e. The van der Waals surface area contributed by atoms with Gasteiger partial charge in [0.25, 0.3) is 11.6 Å². The van der Waals surface area contributed by atoms with Crippen molar-refractivity contribution in [3.8, 4) is 11.8 Å². The molecular weight excluding hydrogens is 406 g/mol. The SMILES string of the molecule is CCCCCCOc1ccc(Cl)cc1/C=C(/C#N)C(=O)Nc1cccc([N+](=O)[O-])c1. The Kier molecular flexibility index (Phi) is 8.85. The zero-order valence-corrected chi connectivity index (χ0v) is 17.3. The molecule has 0 spiro atoms. The lowest BCUT2D eigenvalue weighted by atomic mass is 10.1. The zero-order chi connectivity index (χ0) is 21.9. The number of carbonyl (C=O) groups is 1. The molecular formula is C22H22ClN3O4. The number of nitro groups is 1. The number of carbonyl (C=O) groups excluding carboxylic acids is 1. The average molecular weight is 428 g/mol. The van der Waals surface area contributed by atoms with E-state index in [9.17, 15) is 20.2 Å². The van der Waals surface area contributed by atoms with Crippen LogP contribution in [0.25, 0.3) is 6.08 Å². The van der Waals surface area contributed by atoms with E-state index in [1.807, 2.05) is 6.07 Å². The molecule has 0 atom stereocenters. The molecule has 1 N–H and O–H groups in total. The molecule has 2 aromatic carbocycles. The van der Waals surface area contributed by atoms with Crippen molar-refractivity contribution in [3.63, 3.8) is 0 Å². The molecule has 0 fully saturated rings. The molecule has 0 unspecified atom stereocenters. The summed E-state index contributed by atoms with van der Waals surface area (Å²) in [6, 6.07) is 12.3. The van der Waals surface area contributed by atoms with Crippen LogP contribution in [0.4, 0.5) is 11.4 Å². The number of ether oxygens (including phenoxy) is 1. The third kappa shape index (κ3) is 6.90. The Balaban J connectivity index is 2.19. The minimum absolute atomic E-state index is 0.163. The first kappa shape index (κ1) is 22.9. The van der Waals surface area contributed by atoms with E-state index in [4.69, 9.17) is 16.3 Å². The van der Waals surface area contributed by atoms with E-state index in [1.165, 1.54) is 30.3 Å². The maximum atomic E-state index is 12.5. The highest BCUT2D eigenvalue weighted by Gasteiger charge is 2.14. The summed E-state index contributed by atoms with van der Waals surface area (Å²) < 4.78 is 5.80. The number of nitrogens with zero attached hydrogens (tertiary/aromatic N) is 2. The van der Waals surface area contributed by atoms with Crippen LogP contribution in [0, 0.1) is 21.4 Å². The Morgan fingerprint density at radius 2 is 2.07 bits per heavy atom. The Bertz CT molecular complexity index is 983. The average Bonchev–Trinajstić information content (AvgIpc) is 2.73. The van der Waals surface area contributed by atoms with Crippen LogP contribution in [-0.4, -0.2) is 17.4 Å². The molecule has 156 valence electrons. The minimum atomic E-state index is -0.688. The highest BCUT2D eigenvalue weighted by Crippen LogP contribution is 2.26. The number of non-ortho nitro benzene ring substituents is 1. The van der Waals surface area contributed by atoms with Gasteiger partial charge in [0.15, 0.2) is 0 Å². The number of nitriles is 1. The van der Waals surface area contributed by atoms with Crippen molar-refractivity contribution < 1.29 is 14.5 Å². The van der Waals surface area contributed by atoms with Crippen LogP contribution in [0.1, 0.15) is 38.2 Å². The maximum Gasteiger partial charge on any atom is 0.271 e. The second-order valence-electron chi connectivity index (χ2n) is 6.52. The van der Waals surface area contributed by atoms with Gasteiger partial charge in [0.1, 0.15) is 17.4 Å². The van der Waals surface area contributed by atoms with Crippen LogP contribution in [0.5, 0.6) is 5.75 Å². The van der Waals surface area contributed by atoms with Crippen molar-refractivity contribution in [2.24, 2.45) is 0 Å². The first-order chi connectivity index (χ1) is 14.4. The number of unbranched alkanes of at least 4 members (excludes halogenated alkanes) is 3. The number of nitrogens with one attached hydrogen (secondary N) is 1. The van der Waals surface area contributed by atoms with Gasteiger partial charge in [-0.15, -0.1) is 0 Å². The van der Waals surface area contributed by atoms with Gasteiger partial charge in [0, 0.05) is 28.4 Å². The van der Waals surface area contributed by atoms with Crippen LogP contribution < -0.4 is 10.1 Å². The second kappa shape index (κ2) is 11.6. The van der Waals surface area contributed by atoms with Gasteiger partial charge < -0.3 is 10.1 Å². The highest BCUT2D eigenvalue weighted by molar-refractivity contribution is 6.30. The number of hydrogen-bond acceptors (Lipinski definition) is 5. The van der Waals surface area contributed by atoms with E-state index in [0.29, 0.717) is 22.9 Å². The molecule has 0 aliphatic rings. The number of anilines is 1. The number of amides is 1. The maximum absolute atomic E-state index is 12.5. The molecule has 30 heavy (non-hydrogen) atoms. The quantitative estimate of drug-likeness (QED) is 0.171. The van der Waals surface area contributed by atoms with Gasteiger partial charge in [-0.05, 0) is 36.8 Å². The molecule has 2 aromatic rings. The van der Waals surface area contributed by atoms with E-state index in [1.54, 1.807) is 18.2 Å². The van der Waals surface area contributed by atoms with Crippen molar-refractivity contribution >= 4 is 35.0 Å². The van der Waals surface area contributed by atoms with Crippen LogP contribution in [0.2, 0.25) is 5.02 Å². The summed E-state index contributed by atoms with van der Waals surface area (Å²) in [6.45, 7) is 2.65. The summed E-state index contributed by atoms with van der Waals surface area (Å²) in [5.41, 5.74) is 0.376. The highest BCUT2D eigenvalue weighted by atomic mass is 35.5. The van der Waals surface area contributed by atoms with Gasteiger partial charge in [-0.3, -0.25) is 14.9 Å². The smallest absolute Gasteiger partial charge is 0.271 e. The van der Waals surface area contributed by atoms with Gasteiger partial charge in [-0.2, -0.15) is 5.26 Å². The van der Waals surface area contributed by atoms with Crippen molar-refractivity contribution in [3.05, 3.63) is 68.7 Å². The fourth-order valence-corrected chi connectivity index (χ4v) is 2.85. The largest absolute Gasteiger partial charge is 0.493 e. The predicted molar refractivity (Wildman–Crippen MR) is 116 cm³/mol. The van der Waals surface area contributed by atoms with E-state index >= 15 is 0 Å². The number of nitro benzene ring substituents is 1. The molecule has 1 amide bonds. The molecule has 0 bridgehead atoms. The third-order valence-electron chi connectivity index (χ3n) is 4.21. The Morgan fingerprint density at radius 3 is 2.77 bits per heavy atom. The summed E-state index contributed by atoms with van der Waals surface area (Å²) in [5, 5.41) is 23.3. The summed E-state index contributed by atoms with van der Waals surface area (Å²) in [4.78, 5) is 22.8. The molecule has 0 aliphatic heterocycles. The fourth-order valence-electron chi connectivity index (χ4n) is 2.67. The summed E-state index contributed by atoms with van der Waals surface area (Å²) in [6.07, 6.45) is 5.61. The lowest BCUT2D eigenvalue weighted by Crippen LogP contribution is -2.13. The molecule has 0 radical (unpaired) electrons. The van der Waals surface area contributed by atoms with Gasteiger partial charge in [-0.1, -0.05) is 43.9 Å². The number of rotatable bonds is 10. The van der Waals surface area contributed by atoms with Crippen molar-refractivity contribution in [1.82, 2.24) is 0 Å². The summed E-state index contributed by atoms with van der Waals surface area (Å²) in [5.74, 6) is -0.168. The molecule has 0 aliphatic carbocycles. The Labute approximate surface area is 180 Å². The number of halogens is 1. The normalized spacial score (nSPS) is 10.9. The van der Waals surface area contributed by atoms with E-state index in [0.717, 1.165) is 25.7 Å². The Hall–Kier alpha value is -3.37. The molecule has 8 heteroatoms. The zero-order valence-electron chi connectivity index (χ0n) is 16.6. The summed E-state index contributed by atoms with van der Waals surface area (Å²) in [7, 11) is 0. The van der Waals surface area contributed by atoms with Crippen molar-refractivity contribution in [2.45, 2.75) is 32.6 Å². The Morgan fingerprint density at radius 1 is 1.27 bits per heavy atom. The summed E-state index contributed by atoms with van der Waals surface area (Å²) >= 11 is 6.07. The molecule has 0 saturated heterocycles. The van der Waals surface area contributed by atoms with E-state index in [2.05, 4.69) is 12.2 Å². The van der Waals surface area contributed by atoms with Crippen molar-refractivity contribution in [1.29, 1.82) is 5.26 Å². The number of benzene rings is 2. The van der Waals surface area contributed by atoms with Crippen LogP contribution in [0.3, 0.4) is 0 Å². The van der Waals surface area contributed by atoms with E-state index in [-0.39, 0.29) is 16.9 Å². The monoisotopic (exact) mass is 427 g/mol. The lowest BCUT2D eigenvalue weighted by molar-refractivity contribution is -0.384. The first-order valence-electron chi connectivity index (χ1n) is 9.54. The van der Waals surface area contributed by atoms with Gasteiger partial charge in [0.05, 0.1) is 11.5 Å². The van der Waals surface area contributed by atoms with Crippen molar-refractivity contribution in [2.75, 3.05) is 11.9 Å². The first-order valence-corrected chi connectivity index (χ1v) is 9.92. The standard InChI is InChI=1S/C22H22ClN3O4/c1-2-3-4-5-11-30-21-10-9-18(23)13-16(21)12-17(15-24)22(27)25-19-7-6-8-20(14-19)26(28)29/h6-10,12-14H,2-5,11H2,1H3,(H,25,27)/b17-12-. The molecule has 7 nitrogen and oxygen atoms in total. The second-order valence-corrected chi connectivity index (χ2v) is 6.96.